The van der Waals surface area contributed by atoms with Crippen molar-refractivity contribution in [1.82, 2.24) is 0 Å². The molecule has 2 rings (SSSR count). The molecule has 0 saturated carbocycles. The predicted octanol–water partition coefficient (Wildman–Crippen LogP) is 5.10. The first kappa shape index (κ1) is 17.9. The Morgan fingerprint density at radius 3 is 2.67 bits per heavy atom. The molecule has 0 N–H and O–H groups in total. The van der Waals surface area contributed by atoms with Crippen molar-refractivity contribution in [2.45, 2.75) is 19.8 Å². The monoisotopic (exact) mass is 389 g/mol. The lowest BCUT2D eigenvalue weighted by Crippen LogP contribution is -2.06. The number of carbonyl (C=O) groups is 1. The third-order valence-electron chi connectivity index (χ3n) is 3.30. The van der Waals surface area contributed by atoms with E-state index in [2.05, 4.69) is 15.9 Å². The van der Waals surface area contributed by atoms with Crippen LogP contribution in [0.15, 0.2) is 53.0 Å². The fraction of sp³-hybridized carbons (Fsp3) is 0.167. The van der Waals surface area contributed by atoms with Gasteiger partial charge in [0, 0.05) is 22.7 Å². The summed E-state index contributed by atoms with van der Waals surface area (Å²) in [4.78, 5) is 22.3. The van der Waals surface area contributed by atoms with Crippen LogP contribution in [0.5, 0.6) is 5.75 Å². The van der Waals surface area contributed by atoms with Gasteiger partial charge in [-0.25, -0.2) is 4.79 Å². The number of esters is 1. The number of benzene rings is 2. The van der Waals surface area contributed by atoms with Gasteiger partial charge in [-0.3, -0.25) is 10.1 Å². The molecule has 124 valence electrons. The van der Waals surface area contributed by atoms with Crippen LogP contribution in [0.1, 0.15) is 30.9 Å². The summed E-state index contributed by atoms with van der Waals surface area (Å²) < 4.78 is 6.30. The number of non-ortho nitro benzene ring substituents is 1. The van der Waals surface area contributed by atoms with Gasteiger partial charge in [-0.05, 0) is 41.3 Å². The smallest absolute Gasteiger partial charge is 0.336 e. The van der Waals surface area contributed by atoms with Crippen LogP contribution < -0.4 is 4.74 Å². The van der Waals surface area contributed by atoms with Crippen molar-refractivity contribution in [2.75, 3.05) is 0 Å². The van der Waals surface area contributed by atoms with Gasteiger partial charge >= 0.3 is 5.97 Å². The summed E-state index contributed by atoms with van der Waals surface area (Å²) in [5.74, 6) is 0.165. The maximum Gasteiger partial charge on any atom is 0.336 e. The SMILES string of the molecule is CC(C)c1cc(Br)ccc1OC(=O)/C=C/c1cccc([N+](=O)[O-])c1. The van der Waals surface area contributed by atoms with E-state index in [0.717, 1.165) is 10.0 Å². The van der Waals surface area contributed by atoms with Crippen molar-refractivity contribution >= 4 is 33.7 Å². The van der Waals surface area contributed by atoms with Crippen molar-refractivity contribution in [1.29, 1.82) is 0 Å². The second kappa shape index (κ2) is 7.88. The zero-order chi connectivity index (χ0) is 17.7. The van der Waals surface area contributed by atoms with E-state index in [1.54, 1.807) is 24.3 Å². The van der Waals surface area contributed by atoms with Crippen molar-refractivity contribution < 1.29 is 14.5 Å². The number of halogens is 1. The molecule has 0 bridgehead atoms. The molecule has 2 aromatic rings. The standard InChI is InChI=1S/C18H16BrNO4/c1-12(2)16-11-14(19)7-8-17(16)24-18(21)9-6-13-4-3-5-15(10-13)20(22)23/h3-12H,1-2H3/b9-6+. The van der Waals surface area contributed by atoms with Crippen molar-refractivity contribution in [2.24, 2.45) is 0 Å². The Bertz CT molecular complexity index is 799. The average Bonchev–Trinajstić information content (AvgIpc) is 2.54. The normalized spacial score (nSPS) is 11.0. The molecule has 0 radical (unpaired) electrons. The molecule has 24 heavy (non-hydrogen) atoms. The second-order valence-electron chi connectivity index (χ2n) is 5.44. The summed E-state index contributed by atoms with van der Waals surface area (Å²) in [6.45, 7) is 4.02. The minimum absolute atomic E-state index is 0.0273. The molecule has 2 aromatic carbocycles. The number of nitrogens with zero attached hydrogens (tertiary/aromatic N) is 1. The zero-order valence-electron chi connectivity index (χ0n) is 13.2. The van der Waals surface area contributed by atoms with E-state index in [4.69, 9.17) is 4.74 Å². The molecule has 0 unspecified atom stereocenters. The van der Waals surface area contributed by atoms with Crippen molar-refractivity contribution in [3.63, 3.8) is 0 Å². The van der Waals surface area contributed by atoms with Crippen molar-refractivity contribution in [3.05, 3.63) is 74.3 Å². The Morgan fingerprint density at radius 1 is 1.25 bits per heavy atom. The zero-order valence-corrected chi connectivity index (χ0v) is 14.8. The van der Waals surface area contributed by atoms with Crippen LogP contribution in [0, 0.1) is 10.1 Å². The fourth-order valence-electron chi connectivity index (χ4n) is 2.11. The average molecular weight is 390 g/mol. The summed E-state index contributed by atoms with van der Waals surface area (Å²) in [7, 11) is 0. The maximum atomic E-state index is 12.0. The minimum atomic E-state index is -0.536. The lowest BCUT2D eigenvalue weighted by atomic mass is 10.0. The van der Waals surface area contributed by atoms with Crippen LogP contribution in [-0.2, 0) is 4.79 Å². The molecular formula is C18H16BrNO4. The Hall–Kier alpha value is -2.47. The van der Waals surface area contributed by atoms with Gasteiger partial charge in [0.05, 0.1) is 4.92 Å². The van der Waals surface area contributed by atoms with E-state index < -0.39 is 10.9 Å². The van der Waals surface area contributed by atoms with Crippen LogP contribution >= 0.6 is 15.9 Å². The first-order valence-corrected chi connectivity index (χ1v) is 8.10. The number of rotatable bonds is 5. The summed E-state index contributed by atoms with van der Waals surface area (Å²) in [6, 6.07) is 11.5. The third kappa shape index (κ3) is 4.76. The second-order valence-corrected chi connectivity index (χ2v) is 6.36. The van der Waals surface area contributed by atoms with Gasteiger partial charge in [0.2, 0.25) is 0 Å². The Labute approximate surface area is 148 Å². The van der Waals surface area contributed by atoms with E-state index in [0.29, 0.717) is 11.3 Å². The quantitative estimate of drug-likeness (QED) is 0.234. The summed E-state index contributed by atoms with van der Waals surface area (Å²) in [6.07, 6.45) is 2.74. The summed E-state index contributed by atoms with van der Waals surface area (Å²) >= 11 is 3.40. The third-order valence-corrected chi connectivity index (χ3v) is 3.79. The lowest BCUT2D eigenvalue weighted by molar-refractivity contribution is -0.384. The van der Waals surface area contributed by atoms with E-state index >= 15 is 0 Å². The van der Waals surface area contributed by atoms with Gasteiger partial charge in [0.15, 0.2) is 0 Å². The minimum Gasteiger partial charge on any atom is -0.423 e. The van der Waals surface area contributed by atoms with E-state index in [9.17, 15) is 14.9 Å². The predicted molar refractivity (Wildman–Crippen MR) is 96.0 cm³/mol. The molecule has 0 saturated heterocycles. The Kier molecular flexibility index (Phi) is 5.87. The van der Waals surface area contributed by atoms with E-state index in [-0.39, 0.29) is 11.6 Å². The number of nitro groups is 1. The van der Waals surface area contributed by atoms with Gasteiger partial charge in [-0.1, -0.05) is 41.9 Å². The molecule has 0 aliphatic heterocycles. The molecule has 0 spiro atoms. The molecule has 5 nitrogen and oxygen atoms in total. The highest BCUT2D eigenvalue weighted by Crippen LogP contribution is 2.29. The van der Waals surface area contributed by atoms with Gasteiger partial charge in [0.1, 0.15) is 5.75 Å². The molecule has 0 atom stereocenters. The number of hydrogen-bond donors (Lipinski definition) is 0. The van der Waals surface area contributed by atoms with Crippen molar-refractivity contribution in [3.8, 4) is 5.75 Å². The molecule has 6 heteroatoms. The summed E-state index contributed by atoms with van der Waals surface area (Å²) in [5.41, 5.74) is 1.45. The largest absolute Gasteiger partial charge is 0.423 e. The Morgan fingerprint density at radius 2 is 2.00 bits per heavy atom. The van der Waals surface area contributed by atoms with Crippen LogP contribution in [-0.4, -0.2) is 10.9 Å². The van der Waals surface area contributed by atoms with Gasteiger partial charge in [-0.15, -0.1) is 0 Å². The molecule has 0 heterocycles. The number of ether oxygens (including phenoxy) is 1. The van der Waals surface area contributed by atoms with E-state index in [1.807, 2.05) is 19.9 Å². The molecular weight excluding hydrogens is 374 g/mol. The molecule has 0 amide bonds. The number of hydrogen-bond acceptors (Lipinski definition) is 4. The number of nitro benzene ring substituents is 1. The highest BCUT2D eigenvalue weighted by atomic mass is 79.9. The highest BCUT2D eigenvalue weighted by molar-refractivity contribution is 9.10. The topological polar surface area (TPSA) is 69.4 Å². The Balaban J connectivity index is 2.14. The molecule has 0 aliphatic rings. The molecule has 0 aliphatic carbocycles. The van der Waals surface area contributed by atoms with E-state index in [1.165, 1.54) is 24.3 Å². The maximum absolute atomic E-state index is 12.0. The van der Waals surface area contributed by atoms with Crippen LogP contribution in [0.2, 0.25) is 0 Å². The van der Waals surface area contributed by atoms with Gasteiger partial charge in [-0.2, -0.15) is 0 Å². The fourth-order valence-corrected chi connectivity index (χ4v) is 2.49. The summed E-state index contributed by atoms with van der Waals surface area (Å²) in [5, 5.41) is 10.7. The van der Waals surface area contributed by atoms with Gasteiger partial charge in [0.25, 0.3) is 5.69 Å². The first-order chi connectivity index (χ1) is 11.4. The molecule has 0 fully saturated rings. The highest BCUT2D eigenvalue weighted by Gasteiger charge is 2.11. The van der Waals surface area contributed by atoms with Crippen LogP contribution in [0.4, 0.5) is 5.69 Å². The van der Waals surface area contributed by atoms with Crippen LogP contribution in [0.25, 0.3) is 6.08 Å². The van der Waals surface area contributed by atoms with Crippen LogP contribution in [0.3, 0.4) is 0 Å². The molecule has 0 aromatic heterocycles. The number of carbonyl (C=O) groups excluding carboxylic acids is 1. The first-order valence-electron chi connectivity index (χ1n) is 7.30. The lowest BCUT2D eigenvalue weighted by Gasteiger charge is -2.12. The van der Waals surface area contributed by atoms with Gasteiger partial charge < -0.3 is 4.74 Å².